The molecule has 0 saturated heterocycles. The Labute approximate surface area is 75.5 Å². The van der Waals surface area contributed by atoms with E-state index in [1.807, 2.05) is 26.0 Å². The quantitative estimate of drug-likeness (QED) is 0.664. The third-order valence-electron chi connectivity index (χ3n) is 2.10. The predicted molar refractivity (Wildman–Crippen MR) is 50.6 cm³/mol. The molecule has 0 aliphatic rings. The summed E-state index contributed by atoms with van der Waals surface area (Å²) >= 11 is 5.94. The van der Waals surface area contributed by atoms with Crippen LogP contribution in [0, 0.1) is 13.8 Å². The van der Waals surface area contributed by atoms with Gasteiger partial charge >= 0.3 is 0 Å². The number of benzene rings is 1. The zero-order chi connectivity index (χ0) is 8.72. The first-order valence-corrected chi connectivity index (χ1v) is 4.17. The molecule has 2 aromatic rings. The van der Waals surface area contributed by atoms with Crippen molar-refractivity contribution in [3.05, 3.63) is 28.4 Å². The maximum Gasteiger partial charge on any atom is 0.0967 e. The largest absolute Gasteiger partial charge is 0.282 e. The number of halogens is 1. The second kappa shape index (κ2) is 2.49. The Balaban J connectivity index is 2.93. The smallest absolute Gasteiger partial charge is 0.0967 e. The van der Waals surface area contributed by atoms with Crippen molar-refractivity contribution < 1.29 is 0 Å². The second-order valence-electron chi connectivity index (χ2n) is 2.92. The van der Waals surface area contributed by atoms with Crippen molar-refractivity contribution in [3.63, 3.8) is 0 Å². The minimum absolute atomic E-state index is 0.772. The Hall–Kier alpha value is -1.02. The lowest BCUT2D eigenvalue weighted by molar-refractivity contribution is 1.06. The molecule has 0 fully saturated rings. The average molecular weight is 181 g/mol. The summed E-state index contributed by atoms with van der Waals surface area (Å²) in [6.07, 6.45) is 0. The van der Waals surface area contributed by atoms with Crippen molar-refractivity contribution in [1.82, 2.24) is 10.2 Å². The van der Waals surface area contributed by atoms with Gasteiger partial charge in [-0.3, -0.25) is 5.10 Å². The Kier molecular flexibility index (Phi) is 1.58. The molecule has 2 rings (SSSR count). The molecule has 0 aliphatic heterocycles. The zero-order valence-electron chi connectivity index (χ0n) is 6.98. The summed E-state index contributed by atoms with van der Waals surface area (Å²) in [4.78, 5) is 0. The molecule has 0 spiro atoms. The van der Waals surface area contributed by atoms with Gasteiger partial charge in [-0.25, -0.2) is 0 Å². The van der Waals surface area contributed by atoms with Gasteiger partial charge in [0.2, 0.25) is 0 Å². The van der Waals surface area contributed by atoms with Crippen LogP contribution in [0.3, 0.4) is 0 Å². The molecule has 12 heavy (non-hydrogen) atoms. The molecule has 0 unspecified atom stereocenters. The first-order valence-electron chi connectivity index (χ1n) is 3.80. The maximum atomic E-state index is 5.94. The van der Waals surface area contributed by atoms with Crippen molar-refractivity contribution in [3.8, 4) is 0 Å². The first kappa shape index (κ1) is 7.62. The summed E-state index contributed by atoms with van der Waals surface area (Å²) in [5.74, 6) is 0. The second-order valence-corrected chi connectivity index (χ2v) is 3.32. The van der Waals surface area contributed by atoms with E-state index in [0.717, 1.165) is 27.2 Å². The Morgan fingerprint density at radius 2 is 2.08 bits per heavy atom. The van der Waals surface area contributed by atoms with Crippen LogP contribution in [0.5, 0.6) is 0 Å². The molecule has 3 heteroatoms. The molecular weight excluding hydrogens is 172 g/mol. The molecule has 0 atom stereocenters. The summed E-state index contributed by atoms with van der Waals surface area (Å²) < 4.78 is 0. The molecule has 1 aromatic carbocycles. The number of fused-ring (bicyclic) bond motifs is 1. The van der Waals surface area contributed by atoms with Gasteiger partial charge in [-0.05, 0) is 31.5 Å². The Morgan fingerprint density at radius 3 is 2.83 bits per heavy atom. The topological polar surface area (TPSA) is 28.7 Å². The Morgan fingerprint density at radius 1 is 1.33 bits per heavy atom. The predicted octanol–water partition coefficient (Wildman–Crippen LogP) is 2.83. The van der Waals surface area contributed by atoms with Crippen LogP contribution in [0.15, 0.2) is 12.1 Å². The lowest BCUT2D eigenvalue weighted by Gasteiger charge is -1.96. The summed E-state index contributed by atoms with van der Waals surface area (Å²) in [5, 5.41) is 9.03. The number of nitrogens with zero attached hydrogens (tertiary/aromatic N) is 1. The van der Waals surface area contributed by atoms with E-state index in [0.29, 0.717) is 0 Å². The van der Waals surface area contributed by atoms with Gasteiger partial charge < -0.3 is 0 Å². The fourth-order valence-electron chi connectivity index (χ4n) is 1.32. The molecule has 1 heterocycles. The molecule has 0 amide bonds. The number of hydrogen-bond acceptors (Lipinski definition) is 1. The van der Waals surface area contributed by atoms with Crippen LogP contribution in [0.1, 0.15) is 11.3 Å². The minimum Gasteiger partial charge on any atom is -0.282 e. The standard InChI is InChI=1S/C9H9ClN2/c1-5-8(10)4-3-7-6(2)11-12-9(5)7/h3-4H,1-2H3,(H,11,12). The van der Waals surface area contributed by atoms with E-state index in [1.165, 1.54) is 0 Å². The van der Waals surface area contributed by atoms with Crippen molar-refractivity contribution in [2.24, 2.45) is 0 Å². The number of aryl methyl sites for hydroxylation is 2. The molecule has 0 aliphatic carbocycles. The first-order chi connectivity index (χ1) is 5.70. The van der Waals surface area contributed by atoms with Crippen LogP contribution in [0.4, 0.5) is 0 Å². The lowest BCUT2D eigenvalue weighted by atomic mass is 10.1. The van der Waals surface area contributed by atoms with Gasteiger partial charge in [-0.1, -0.05) is 11.6 Å². The number of hydrogen-bond donors (Lipinski definition) is 1. The van der Waals surface area contributed by atoms with Crippen molar-refractivity contribution >= 4 is 22.5 Å². The molecule has 1 N–H and O–H groups in total. The van der Waals surface area contributed by atoms with Gasteiger partial charge in [0.25, 0.3) is 0 Å². The highest BCUT2D eigenvalue weighted by Gasteiger charge is 2.05. The van der Waals surface area contributed by atoms with Crippen LogP contribution in [-0.2, 0) is 0 Å². The lowest BCUT2D eigenvalue weighted by Crippen LogP contribution is -1.77. The minimum atomic E-state index is 0.772. The summed E-state index contributed by atoms with van der Waals surface area (Å²) in [7, 11) is 0. The van der Waals surface area contributed by atoms with E-state index < -0.39 is 0 Å². The van der Waals surface area contributed by atoms with E-state index in [4.69, 9.17) is 11.6 Å². The maximum absolute atomic E-state index is 5.94. The highest BCUT2D eigenvalue weighted by Crippen LogP contribution is 2.24. The normalized spacial score (nSPS) is 10.9. The molecule has 2 nitrogen and oxygen atoms in total. The average Bonchev–Trinajstić information content (AvgIpc) is 2.41. The van der Waals surface area contributed by atoms with Gasteiger partial charge in [0, 0.05) is 16.1 Å². The summed E-state index contributed by atoms with van der Waals surface area (Å²) in [6.45, 7) is 3.98. The van der Waals surface area contributed by atoms with Crippen molar-refractivity contribution in [1.29, 1.82) is 0 Å². The zero-order valence-corrected chi connectivity index (χ0v) is 7.74. The molecule has 0 saturated carbocycles. The van der Waals surface area contributed by atoms with E-state index in [1.54, 1.807) is 0 Å². The number of H-pyrrole nitrogens is 1. The highest BCUT2D eigenvalue weighted by molar-refractivity contribution is 6.32. The highest BCUT2D eigenvalue weighted by atomic mass is 35.5. The van der Waals surface area contributed by atoms with E-state index in [-0.39, 0.29) is 0 Å². The third kappa shape index (κ3) is 0.916. The summed E-state index contributed by atoms with van der Waals surface area (Å²) in [5.41, 5.74) is 3.10. The Bertz CT molecular complexity index is 431. The van der Waals surface area contributed by atoms with E-state index in [9.17, 15) is 0 Å². The van der Waals surface area contributed by atoms with Crippen LogP contribution >= 0.6 is 11.6 Å². The van der Waals surface area contributed by atoms with Crippen LogP contribution < -0.4 is 0 Å². The fraction of sp³-hybridized carbons (Fsp3) is 0.222. The van der Waals surface area contributed by atoms with Crippen LogP contribution in [-0.4, -0.2) is 10.2 Å². The molecule has 1 aromatic heterocycles. The van der Waals surface area contributed by atoms with E-state index >= 15 is 0 Å². The monoisotopic (exact) mass is 180 g/mol. The molecule has 0 radical (unpaired) electrons. The SMILES string of the molecule is Cc1[nH]nc2c(C)c(Cl)ccc12. The number of aromatic nitrogens is 2. The number of rotatable bonds is 0. The molecule has 0 bridgehead atoms. The van der Waals surface area contributed by atoms with E-state index in [2.05, 4.69) is 10.2 Å². The van der Waals surface area contributed by atoms with Gasteiger partial charge in [-0.2, -0.15) is 5.10 Å². The number of nitrogens with one attached hydrogen (secondary N) is 1. The van der Waals surface area contributed by atoms with Crippen molar-refractivity contribution in [2.45, 2.75) is 13.8 Å². The fourth-order valence-corrected chi connectivity index (χ4v) is 1.47. The van der Waals surface area contributed by atoms with Crippen LogP contribution in [0.2, 0.25) is 5.02 Å². The van der Waals surface area contributed by atoms with Crippen molar-refractivity contribution in [2.75, 3.05) is 0 Å². The molecular formula is C9H9ClN2. The van der Waals surface area contributed by atoms with Gasteiger partial charge in [0.15, 0.2) is 0 Å². The molecule has 62 valence electrons. The van der Waals surface area contributed by atoms with Crippen LogP contribution in [0.25, 0.3) is 10.9 Å². The summed E-state index contributed by atoms with van der Waals surface area (Å²) in [6, 6.07) is 3.89. The van der Waals surface area contributed by atoms with Gasteiger partial charge in [0.05, 0.1) is 5.52 Å². The third-order valence-corrected chi connectivity index (χ3v) is 2.51. The van der Waals surface area contributed by atoms with Gasteiger partial charge in [0.1, 0.15) is 0 Å². The van der Waals surface area contributed by atoms with Gasteiger partial charge in [-0.15, -0.1) is 0 Å². The number of aromatic amines is 1.